The van der Waals surface area contributed by atoms with Crippen LogP contribution in [0.2, 0.25) is 0 Å². The summed E-state index contributed by atoms with van der Waals surface area (Å²) in [4.78, 5) is 47.1. The minimum atomic E-state index is -0.607. The number of nitrogens with one attached hydrogen (secondary N) is 1. The molecule has 1 saturated heterocycles. The van der Waals surface area contributed by atoms with E-state index in [0.717, 1.165) is 44.2 Å². The summed E-state index contributed by atoms with van der Waals surface area (Å²) in [5.74, 6) is 0.139. The third-order valence-corrected chi connectivity index (χ3v) is 7.10. The molecular weight excluding hydrogens is 448 g/mol. The van der Waals surface area contributed by atoms with E-state index < -0.39 is 11.2 Å². The molecule has 35 heavy (non-hydrogen) atoms. The molecule has 1 saturated carbocycles. The highest BCUT2D eigenvalue weighted by Crippen LogP contribution is 2.30. The summed E-state index contributed by atoms with van der Waals surface area (Å²) >= 11 is 0. The molecule has 4 N–H and O–H groups in total. The standard InChI is InChI=1S/C25H36N6O4/c1-2-3-12-30-23(26)22(24(34)27-25(30)35)31(18-8-4-5-9-18)21(33)17-28-13-15-29(16-14-28)19-10-6-7-11-20(19)32/h6-7,10-11,18,32H,2-5,8-9,12-17,26H2,1H3,(H,27,34,35). The van der Waals surface area contributed by atoms with Crippen LogP contribution in [0.5, 0.6) is 5.75 Å². The lowest BCUT2D eigenvalue weighted by Crippen LogP contribution is -2.53. The summed E-state index contributed by atoms with van der Waals surface area (Å²) in [5, 5.41) is 10.2. The number of para-hydroxylation sites is 2. The first-order valence-electron chi connectivity index (χ1n) is 12.6. The SMILES string of the molecule is CCCCn1c(N)c(N(C(=O)CN2CCN(c3ccccc3O)CC2)C2CCCC2)c(=O)[nH]c1=O. The number of aromatic amines is 1. The Balaban J connectivity index is 1.54. The average molecular weight is 485 g/mol. The fourth-order valence-corrected chi connectivity index (χ4v) is 5.17. The summed E-state index contributed by atoms with van der Waals surface area (Å²) in [5.41, 5.74) is 6.12. The van der Waals surface area contributed by atoms with Gasteiger partial charge in [-0.05, 0) is 31.4 Å². The van der Waals surface area contributed by atoms with Crippen LogP contribution >= 0.6 is 0 Å². The molecule has 10 heteroatoms. The van der Waals surface area contributed by atoms with Gasteiger partial charge < -0.3 is 20.6 Å². The van der Waals surface area contributed by atoms with Crippen LogP contribution in [0.4, 0.5) is 17.2 Å². The predicted molar refractivity (Wildman–Crippen MR) is 137 cm³/mol. The first-order chi connectivity index (χ1) is 16.9. The number of hydrogen-bond donors (Lipinski definition) is 3. The summed E-state index contributed by atoms with van der Waals surface area (Å²) in [6, 6.07) is 7.15. The third kappa shape index (κ3) is 5.37. The monoisotopic (exact) mass is 484 g/mol. The van der Waals surface area contributed by atoms with Crippen molar-refractivity contribution in [1.82, 2.24) is 14.5 Å². The number of aromatic hydroxyl groups is 1. The van der Waals surface area contributed by atoms with Gasteiger partial charge in [-0.15, -0.1) is 0 Å². The van der Waals surface area contributed by atoms with Crippen molar-refractivity contribution < 1.29 is 9.90 Å². The third-order valence-electron chi connectivity index (χ3n) is 7.10. The van der Waals surface area contributed by atoms with Crippen LogP contribution in [-0.4, -0.2) is 64.2 Å². The Kier molecular flexibility index (Phi) is 7.80. The van der Waals surface area contributed by atoms with Gasteiger partial charge in [0.05, 0.1) is 12.2 Å². The second kappa shape index (κ2) is 11.0. The van der Waals surface area contributed by atoms with Crippen molar-refractivity contribution in [2.75, 3.05) is 48.3 Å². The van der Waals surface area contributed by atoms with Gasteiger partial charge in [-0.1, -0.05) is 38.3 Å². The summed E-state index contributed by atoms with van der Waals surface area (Å²) in [6.45, 7) is 5.24. The van der Waals surface area contributed by atoms with Crippen LogP contribution < -0.4 is 26.8 Å². The Morgan fingerprint density at radius 1 is 1.14 bits per heavy atom. The largest absolute Gasteiger partial charge is 0.506 e. The molecule has 2 aromatic rings. The molecule has 0 bridgehead atoms. The van der Waals surface area contributed by atoms with Crippen LogP contribution in [0.3, 0.4) is 0 Å². The highest BCUT2D eigenvalue weighted by molar-refractivity contribution is 5.97. The number of aromatic nitrogens is 2. The number of nitrogens with zero attached hydrogens (tertiary/aromatic N) is 4. The number of nitrogen functional groups attached to an aromatic ring is 1. The summed E-state index contributed by atoms with van der Waals surface area (Å²) in [6.07, 6.45) is 5.20. The number of rotatable bonds is 8. The number of H-pyrrole nitrogens is 1. The Bertz CT molecular complexity index is 1150. The maximum absolute atomic E-state index is 13.7. The fourth-order valence-electron chi connectivity index (χ4n) is 5.17. The zero-order valence-corrected chi connectivity index (χ0v) is 20.4. The molecule has 1 aromatic heterocycles. The zero-order chi connectivity index (χ0) is 24.9. The number of benzene rings is 1. The van der Waals surface area contributed by atoms with Gasteiger partial charge in [-0.25, -0.2) is 4.79 Å². The van der Waals surface area contributed by atoms with Gasteiger partial charge >= 0.3 is 5.69 Å². The van der Waals surface area contributed by atoms with E-state index in [2.05, 4.69) is 14.8 Å². The van der Waals surface area contributed by atoms with E-state index in [1.165, 1.54) is 4.57 Å². The van der Waals surface area contributed by atoms with Crippen molar-refractivity contribution in [2.24, 2.45) is 0 Å². The molecule has 0 radical (unpaired) electrons. The number of nitrogens with two attached hydrogens (primary N) is 1. The Labute approximate surface area is 204 Å². The lowest BCUT2D eigenvalue weighted by molar-refractivity contribution is -0.120. The molecule has 10 nitrogen and oxygen atoms in total. The van der Waals surface area contributed by atoms with E-state index in [0.29, 0.717) is 32.7 Å². The topological polar surface area (TPSA) is 128 Å². The number of anilines is 3. The van der Waals surface area contributed by atoms with E-state index in [9.17, 15) is 19.5 Å². The smallest absolute Gasteiger partial charge is 0.330 e. The molecule has 1 amide bonds. The molecule has 2 heterocycles. The molecule has 0 spiro atoms. The van der Waals surface area contributed by atoms with E-state index in [1.807, 2.05) is 19.1 Å². The maximum Gasteiger partial charge on any atom is 0.330 e. The van der Waals surface area contributed by atoms with Crippen molar-refractivity contribution in [2.45, 2.75) is 58.0 Å². The van der Waals surface area contributed by atoms with Crippen molar-refractivity contribution in [3.63, 3.8) is 0 Å². The van der Waals surface area contributed by atoms with E-state index in [4.69, 9.17) is 5.73 Å². The van der Waals surface area contributed by atoms with Gasteiger partial charge in [0.25, 0.3) is 5.56 Å². The predicted octanol–water partition coefficient (Wildman–Crippen LogP) is 1.72. The molecule has 2 aliphatic rings. The van der Waals surface area contributed by atoms with E-state index in [-0.39, 0.29) is 35.7 Å². The lowest BCUT2D eigenvalue weighted by atomic mass is 10.1. The summed E-state index contributed by atoms with van der Waals surface area (Å²) in [7, 11) is 0. The number of hydrogen-bond acceptors (Lipinski definition) is 7. The van der Waals surface area contributed by atoms with Crippen molar-refractivity contribution in [1.29, 1.82) is 0 Å². The summed E-state index contributed by atoms with van der Waals surface area (Å²) < 4.78 is 1.38. The molecule has 190 valence electrons. The van der Waals surface area contributed by atoms with Crippen LogP contribution in [0.15, 0.2) is 33.9 Å². The molecule has 0 unspecified atom stereocenters. The van der Waals surface area contributed by atoms with Crippen LogP contribution in [0, 0.1) is 0 Å². The van der Waals surface area contributed by atoms with Crippen molar-refractivity contribution >= 4 is 23.1 Å². The fraction of sp³-hybridized carbons (Fsp3) is 0.560. The van der Waals surface area contributed by atoms with E-state index >= 15 is 0 Å². The zero-order valence-electron chi connectivity index (χ0n) is 20.4. The second-order valence-electron chi connectivity index (χ2n) is 9.45. The number of carbonyl (C=O) groups excluding carboxylic acids is 1. The van der Waals surface area contributed by atoms with Gasteiger partial charge in [0, 0.05) is 38.8 Å². The minimum Gasteiger partial charge on any atom is -0.506 e. The van der Waals surface area contributed by atoms with Gasteiger partial charge in [0.1, 0.15) is 11.6 Å². The average Bonchev–Trinajstić information content (AvgIpc) is 3.37. The Hall–Kier alpha value is -3.27. The van der Waals surface area contributed by atoms with Gasteiger partial charge in [0.2, 0.25) is 5.91 Å². The molecule has 1 aliphatic heterocycles. The first kappa shape index (κ1) is 24.8. The molecule has 2 fully saturated rings. The number of phenolic OH excluding ortho intramolecular Hbond substituents is 1. The molecule has 4 rings (SSSR count). The number of piperazine rings is 1. The molecule has 0 atom stereocenters. The molecular formula is C25H36N6O4. The van der Waals surface area contributed by atoms with Gasteiger partial charge in [-0.3, -0.25) is 24.0 Å². The number of phenols is 1. The van der Waals surface area contributed by atoms with E-state index in [1.54, 1.807) is 17.0 Å². The van der Waals surface area contributed by atoms with Gasteiger partial charge in [-0.2, -0.15) is 0 Å². The quantitative estimate of drug-likeness (QED) is 0.520. The Morgan fingerprint density at radius 2 is 1.83 bits per heavy atom. The molecule has 1 aliphatic carbocycles. The second-order valence-corrected chi connectivity index (χ2v) is 9.45. The Morgan fingerprint density at radius 3 is 2.49 bits per heavy atom. The van der Waals surface area contributed by atoms with Gasteiger partial charge in [0.15, 0.2) is 5.69 Å². The molecule has 1 aromatic carbocycles. The van der Waals surface area contributed by atoms with Crippen LogP contribution in [0.1, 0.15) is 45.4 Å². The van der Waals surface area contributed by atoms with Crippen LogP contribution in [-0.2, 0) is 11.3 Å². The number of unbranched alkanes of at least 4 members (excludes halogenated alkanes) is 1. The minimum absolute atomic E-state index is 0.0665. The highest BCUT2D eigenvalue weighted by atomic mass is 16.3. The van der Waals surface area contributed by atoms with Crippen molar-refractivity contribution in [3.05, 3.63) is 45.1 Å². The number of amides is 1. The first-order valence-corrected chi connectivity index (χ1v) is 12.6. The van der Waals surface area contributed by atoms with Crippen molar-refractivity contribution in [3.8, 4) is 5.75 Å². The highest BCUT2D eigenvalue weighted by Gasteiger charge is 2.34. The van der Waals surface area contributed by atoms with Crippen LogP contribution in [0.25, 0.3) is 0 Å². The maximum atomic E-state index is 13.7. The normalized spacial score (nSPS) is 17.1. The lowest BCUT2D eigenvalue weighted by Gasteiger charge is -2.37. The number of carbonyl (C=O) groups is 1.